The molecule has 0 saturated carbocycles. The largest absolute Gasteiger partial charge is 0.495 e. The number of hydrogen-bond donors (Lipinski definition) is 2. The second-order valence-electron chi connectivity index (χ2n) is 6.93. The van der Waals surface area contributed by atoms with E-state index in [0.29, 0.717) is 12.6 Å². The fraction of sp³-hybridized carbons (Fsp3) is 0.524. The lowest BCUT2D eigenvalue weighted by atomic mass is 10.0. The Bertz CT molecular complexity index is 774. The van der Waals surface area contributed by atoms with Crippen LogP contribution < -0.4 is 20.3 Å². The summed E-state index contributed by atoms with van der Waals surface area (Å²) < 4.78 is 10.9. The molecule has 1 aromatic heterocycles. The van der Waals surface area contributed by atoms with Crippen molar-refractivity contribution in [2.45, 2.75) is 45.7 Å². The summed E-state index contributed by atoms with van der Waals surface area (Å²) in [5, 5.41) is 10.9. The summed E-state index contributed by atoms with van der Waals surface area (Å²) in [6.45, 7) is 7.36. The van der Waals surface area contributed by atoms with Crippen molar-refractivity contribution in [3.63, 3.8) is 0 Å². The lowest BCUT2D eigenvalue weighted by Gasteiger charge is -2.36. The number of anilines is 1. The Morgan fingerprint density at radius 2 is 2.21 bits per heavy atom. The zero-order valence-corrected chi connectivity index (χ0v) is 17.1. The summed E-state index contributed by atoms with van der Waals surface area (Å²) >= 11 is 0. The molecule has 152 valence electrons. The van der Waals surface area contributed by atoms with Crippen molar-refractivity contribution in [2.24, 2.45) is 4.99 Å². The SMILES string of the molecule is CCNC(=NCc1cc(CC)no1)NC1CCCN(c2ccccc2OC)C1. The number of piperidine rings is 1. The molecule has 0 amide bonds. The first-order valence-corrected chi connectivity index (χ1v) is 10.1. The molecule has 2 N–H and O–H groups in total. The number of nitrogens with zero attached hydrogens (tertiary/aromatic N) is 3. The van der Waals surface area contributed by atoms with Crippen LogP contribution in [0.2, 0.25) is 0 Å². The van der Waals surface area contributed by atoms with E-state index in [2.05, 4.69) is 51.7 Å². The molecule has 7 nitrogen and oxygen atoms in total. The standard InChI is InChI=1S/C21H31N5O2/c1-4-16-13-18(28-25-16)14-23-21(22-5-2)24-17-9-8-12-26(15-17)19-10-6-7-11-20(19)27-3/h6-7,10-11,13,17H,4-5,8-9,12,14-15H2,1-3H3,(H2,22,23,24). The zero-order valence-electron chi connectivity index (χ0n) is 17.1. The lowest BCUT2D eigenvalue weighted by molar-refractivity contribution is 0.379. The van der Waals surface area contributed by atoms with E-state index in [0.717, 1.165) is 67.7 Å². The van der Waals surface area contributed by atoms with E-state index in [1.54, 1.807) is 7.11 Å². The number of rotatable bonds is 7. The Morgan fingerprint density at radius 3 is 2.96 bits per heavy atom. The van der Waals surface area contributed by atoms with Gasteiger partial charge in [0.15, 0.2) is 11.7 Å². The number of ether oxygens (including phenoxy) is 1. The molecular formula is C21H31N5O2. The molecule has 1 atom stereocenters. The van der Waals surface area contributed by atoms with Gasteiger partial charge in [-0.15, -0.1) is 0 Å². The second-order valence-corrected chi connectivity index (χ2v) is 6.93. The highest BCUT2D eigenvalue weighted by Gasteiger charge is 2.22. The van der Waals surface area contributed by atoms with Gasteiger partial charge in [0, 0.05) is 31.7 Å². The van der Waals surface area contributed by atoms with Gasteiger partial charge in [-0.1, -0.05) is 24.2 Å². The summed E-state index contributed by atoms with van der Waals surface area (Å²) in [6.07, 6.45) is 3.10. The number of guanidine groups is 1. The summed E-state index contributed by atoms with van der Waals surface area (Å²) in [4.78, 5) is 7.06. The number of aryl methyl sites for hydroxylation is 1. The fourth-order valence-corrected chi connectivity index (χ4v) is 3.47. The van der Waals surface area contributed by atoms with Gasteiger partial charge in [-0.2, -0.15) is 0 Å². The van der Waals surface area contributed by atoms with Crippen LogP contribution in [0.15, 0.2) is 39.8 Å². The molecule has 7 heteroatoms. The highest BCUT2D eigenvalue weighted by molar-refractivity contribution is 5.80. The second kappa shape index (κ2) is 10.0. The number of aliphatic imine (C=N–C) groups is 1. The Hall–Kier alpha value is -2.70. The van der Waals surface area contributed by atoms with Crippen LogP contribution >= 0.6 is 0 Å². The van der Waals surface area contributed by atoms with Gasteiger partial charge in [0.05, 0.1) is 18.5 Å². The highest BCUT2D eigenvalue weighted by atomic mass is 16.5. The van der Waals surface area contributed by atoms with Gasteiger partial charge < -0.3 is 24.8 Å². The molecule has 2 heterocycles. The summed E-state index contributed by atoms with van der Waals surface area (Å²) in [6, 6.07) is 10.5. The van der Waals surface area contributed by atoms with Crippen LogP contribution in [-0.2, 0) is 13.0 Å². The number of para-hydroxylation sites is 2. The molecule has 0 aliphatic carbocycles. The van der Waals surface area contributed by atoms with Crippen molar-refractivity contribution in [2.75, 3.05) is 31.6 Å². The Morgan fingerprint density at radius 1 is 1.36 bits per heavy atom. The quantitative estimate of drug-likeness (QED) is 0.564. The molecule has 1 fully saturated rings. The van der Waals surface area contributed by atoms with Gasteiger partial charge in [-0.3, -0.25) is 0 Å². The molecule has 3 rings (SSSR count). The minimum Gasteiger partial charge on any atom is -0.495 e. The third kappa shape index (κ3) is 5.18. The predicted molar refractivity (Wildman–Crippen MR) is 112 cm³/mol. The lowest BCUT2D eigenvalue weighted by Crippen LogP contribution is -2.51. The van der Waals surface area contributed by atoms with Crippen LogP contribution in [0.3, 0.4) is 0 Å². The molecular weight excluding hydrogens is 354 g/mol. The van der Waals surface area contributed by atoms with E-state index in [4.69, 9.17) is 9.26 Å². The Labute approximate surface area is 167 Å². The maximum absolute atomic E-state index is 5.54. The average molecular weight is 386 g/mol. The molecule has 1 aliphatic rings. The number of hydrogen-bond acceptors (Lipinski definition) is 5. The van der Waals surface area contributed by atoms with Crippen molar-refractivity contribution < 1.29 is 9.26 Å². The van der Waals surface area contributed by atoms with E-state index in [9.17, 15) is 0 Å². The van der Waals surface area contributed by atoms with E-state index in [-0.39, 0.29) is 0 Å². The molecule has 28 heavy (non-hydrogen) atoms. The maximum Gasteiger partial charge on any atom is 0.191 e. The summed E-state index contributed by atoms with van der Waals surface area (Å²) in [5.74, 6) is 2.51. The van der Waals surface area contributed by atoms with Crippen molar-refractivity contribution in [1.29, 1.82) is 0 Å². The third-order valence-electron chi connectivity index (χ3n) is 4.90. The Balaban J connectivity index is 1.64. The van der Waals surface area contributed by atoms with Crippen LogP contribution in [0.1, 0.15) is 38.1 Å². The van der Waals surface area contributed by atoms with Gasteiger partial charge in [0.2, 0.25) is 0 Å². The third-order valence-corrected chi connectivity index (χ3v) is 4.90. The fourth-order valence-electron chi connectivity index (χ4n) is 3.47. The maximum atomic E-state index is 5.54. The number of nitrogens with one attached hydrogen (secondary N) is 2. The predicted octanol–water partition coefficient (Wildman–Crippen LogP) is 2.97. The van der Waals surface area contributed by atoms with Crippen molar-refractivity contribution >= 4 is 11.6 Å². The first-order chi connectivity index (χ1) is 13.7. The van der Waals surface area contributed by atoms with Crippen molar-refractivity contribution in [3.05, 3.63) is 41.8 Å². The molecule has 1 aliphatic heterocycles. The van der Waals surface area contributed by atoms with Gasteiger partial charge in [-0.25, -0.2) is 4.99 Å². The first-order valence-electron chi connectivity index (χ1n) is 10.1. The number of aromatic nitrogens is 1. The van der Waals surface area contributed by atoms with Crippen LogP contribution in [0.5, 0.6) is 5.75 Å². The first kappa shape index (κ1) is 20.0. The minimum absolute atomic E-state index is 0.317. The highest BCUT2D eigenvalue weighted by Crippen LogP contribution is 2.29. The molecule has 0 spiro atoms. The van der Waals surface area contributed by atoms with Crippen LogP contribution in [0.25, 0.3) is 0 Å². The van der Waals surface area contributed by atoms with Crippen LogP contribution in [-0.4, -0.2) is 43.9 Å². The molecule has 0 radical (unpaired) electrons. The van der Waals surface area contributed by atoms with Crippen molar-refractivity contribution in [1.82, 2.24) is 15.8 Å². The monoisotopic (exact) mass is 385 g/mol. The van der Waals surface area contributed by atoms with E-state index in [1.807, 2.05) is 18.2 Å². The number of benzene rings is 1. The van der Waals surface area contributed by atoms with Gasteiger partial charge in [-0.05, 0) is 38.3 Å². The van der Waals surface area contributed by atoms with E-state index >= 15 is 0 Å². The minimum atomic E-state index is 0.317. The summed E-state index contributed by atoms with van der Waals surface area (Å²) in [7, 11) is 1.72. The van der Waals surface area contributed by atoms with Crippen molar-refractivity contribution in [3.8, 4) is 5.75 Å². The zero-order chi connectivity index (χ0) is 19.8. The summed E-state index contributed by atoms with van der Waals surface area (Å²) in [5.41, 5.74) is 2.11. The molecule has 1 saturated heterocycles. The van der Waals surface area contributed by atoms with Crippen LogP contribution in [0, 0.1) is 0 Å². The molecule has 2 aromatic rings. The normalized spacial score (nSPS) is 17.5. The average Bonchev–Trinajstić information content (AvgIpc) is 3.20. The molecule has 1 unspecified atom stereocenters. The van der Waals surface area contributed by atoms with Gasteiger partial charge >= 0.3 is 0 Å². The van der Waals surface area contributed by atoms with E-state index in [1.165, 1.54) is 0 Å². The Kier molecular flexibility index (Phi) is 7.17. The number of methoxy groups -OCH3 is 1. The van der Waals surface area contributed by atoms with E-state index < -0.39 is 0 Å². The topological polar surface area (TPSA) is 74.9 Å². The smallest absolute Gasteiger partial charge is 0.191 e. The molecule has 0 bridgehead atoms. The van der Waals surface area contributed by atoms with Gasteiger partial charge in [0.25, 0.3) is 0 Å². The van der Waals surface area contributed by atoms with Crippen LogP contribution in [0.4, 0.5) is 5.69 Å². The molecule has 1 aromatic carbocycles. The van der Waals surface area contributed by atoms with Gasteiger partial charge in [0.1, 0.15) is 12.3 Å².